The average molecular weight is 401 g/mol. The Balaban J connectivity index is 1.59. The number of sulfonamides is 1. The Morgan fingerprint density at radius 3 is 2.75 bits per heavy atom. The monoisotopic (exact) mass is 401 g/mol. The van der Waals surface area contributed by atoms with Crippen LogP contribution in [-0.2, 0) is 10.0 Å². The van der Waals surface area contributed by atoms with E-state index in [2.05, 4.69) is 0 Å². The van der Waals surface area contributed by atoms with Gasteiger partial charge < -0.3 is 9.47 Å². The third-order valence-corrected chi connectivity index (χ3v) is 7.20. The van der Waals surface area contributed by atoms with E-state index in [-0.39, 0.29) is 23.6 Å². The lowest BCUT2D eigenvalue weighted by Crippen LogP contribution is -2.45. The van der Waals surface area contributed by atoms with Gasteiger partial charge in [0.1, 0.15) is 17.1 Å². The zero-order valence-electron chi connectivity index (χ0n) is 16.0. The smallest absolute Gasteiger partial charge is 0.243 e. The van der Waals surface area contributed by atoms with Crippen LogP contribution in [0.5, 0.6) is 11.5 Å². The second kappa shape index (κ2) is 6.90. The molecule has 0 bridgehead atoms. The van der Waals surface area contributed by atoms with Crippen molar-refractivity contribution in [3.63, 3.8) is 0 Å². The second-order valence-corrected chi connectivity index (χ2v) is 9.27. The Hall–Kier alpha value is -2.38. The van der Waals surface area contributed by atoms with E-state index in [1.54, 1.807) is 36.4 Å². The van der Waals surface area contributed by atoms with Crippen molar-refractivity contribution >= 4 is 15.8 Å². The van der Waals surface area contributed by atoms with Crippen molar-refractivity contribution < 1.29 is 22.7 Å². The predicted octanol–water partition coefficient (Wildman–Crippen LogP) is 3.19. The molecule has 0 saturated carbocycles. The number of benzene rings is 2. The summed E-state index contributed by atoms with van der Waals surface area (Å²) in [5.41, 5.74) is 0.546. The minimum absolute atomic E-state index is 0.00184. The van der Waals surface area contributed by atoms with Gasteiger partial charge in [-0.2, -0.15) is 4.31 Å². The van der Waals surface area contributed by atoms with Crippen molar-refractivity contribution in [1.82, 2.24) is 4.31 Å². The predicted molar refractivity (Wildman–Crippen MR) is 104 cm³/mol. The fourth-order valence-corrected chi connectivity index (χ4v) is 5.53. The maximum atomic E-state index is 13.2. The molecule has 2 heterocycles. The first-order chi connectivity index (χ1) is 13.3. The molecule has 1 fully saturated rings. The molecule has 6 nitrogen and oxygen atoms in total. The number of Topliss-reactive ketones (excluding diaryl/α,β-unsaturated/α-hetero) is 1. The number of para-hydroxylation sites is 1. The molecule has 0 aliphatic carbocycles. The molecule has 1 atom stereocenters. The maximum absolute atomic E-state index is 13.2. The summed E-state index contributed by atoms with van der Waals surface area (Å²) in [6.45, 7) is 4.73. The minimum Gasteiger partial charge on any atom is -0.494 e. The van der Waals surface area contributed by atoms with Crippen molar-refractivity contribution in [2.24, 2.45) is 0 Å². The highest BCUT2D eigenvalue weighted by Gasteiger charge is 2.48. The van der Waals surface area contributed by atoms with Gasteiger partial charge in [0.2, 0.25) is 10.0 Å². The standard InChI is InChI=1S/C21H23NO5S/c1-3-26-19-9-8-16(12-15(19)2)28(24,25)22-11-10-21(14-22)13-18(23)17-6-4-5-7-20(17)27-21/h4-9,12H,3,10-11,13-14H2,1-2H3. The zero-order valence-corrected chi connectivity index (χ0v) is 16.8. The lowest BCUT2D eigenvalue weighted by Gasteiger charge is -2.34. The molecule has 4 rings (SSSR count). The van der Waals surface area contributed by atoms with Gasteiger partial charge in [0, 0.05) is 13.0 Å². The van der Waals surface area contributed by atoms with Gasteiger partial charge in [-0.1, -0.05) is 12.1 Å². The molecule has 1 unspecified atom stereocenters. The SMILES string of the molecule is CCOc1ccc(S(=O)(=O)N2CCC3(CC(=O)c4ccccc4O3)C2)cc1C. The van der Waals surface area contributed by atoms with Crippen LogP contribution in [0.1, 0.15) is 35.7 Å². The van der Waals surface area contributed by atoms with Gasteiger partial charge in [0.15, 0.2) is 5.78 Å². The van der Waals surface area contributed by atoms with E-state index in [0.29, 0.717) is 36.6 Å². The van der Waals surface area contributed by atoms with Crippen molar-refractivity contribution in [1.29, 1.82) is 0 Å². The van der Waals surface area contributed by atoms with Crippen molar-refractivity contribution in [3.05, 3.63) is 53.6 Å². The first-order valence-corrected chi connectivity index (χ1v) is 10.8. The molecular formula is C21H23NO5S. The van der Waals surface area contributed by atoms with Crippen LogP contribution in [0.25, 0.3) is 0 Å². The van der Waals surface area contributed by atoms with Crippen LogP contribution in [-0.4, -0.2) is 43.8 Å². The number of carbonyl (C=O) groups excluding carboxylic acids is 1. The Bertz CT molecular complexity index is 1030. The van der Waals surface area contributed by atoms with Crippen LogP contribution in [0.15, 0.2) is 47.4 Å². The Kier molecular flexibility index (Phi) is 4.67. The lowest BCUT2D eigenvalue weighted by atomic mass is 9.89. The van der Waals surface area contributed by atoms with Gasteiger partial charge >= 0.3 is 0 Å². The molecule has 0 amide bonds. The van der Waals surface area contributed by atoms with Crippen molar-refractivity contribution in [2.75, 3.05) is 19.7 Å². The van der Waals surface area contributed by atoms with Crippen LogP contribution >= 0.6 is 0 Å². The van der Waals surface area contributed by atoms with Gasteiger partial charge in [-0.25, -0.2) is 8.42 Å². The van der Waals surface area contributed by atoms with Crippen LogP contribution in [0, 0.1) is 6.92 Å². The van der Waals surface area contributed by atoms with Gasteiger partial charge in [0.05, 0.1) is 30.0 Å². The zero-order chi connectivity index (χ0) is 19.9. The highest BCUT2D eigenvalue weighted by Crippen LogP contribution is 2.40. The Labute approximate surface area is 165 Å². The number of aryl methyl sites for hydroxylation is 1. The first kappa shape index (κ1) is 19.0. The van der Waals surface area contributed by atoms with E-state index in [9.17, 15) is 13.2 Å². The molecule has 2 aliphatic heterocycles. The summed E-state index contributed by atoms with van der Waals surface area (Å²) >= 11 is 0. The van der Waals surface area contributed by atoms with E-state index in [0.717, 1.165) is 5.56 Å². The minimum atomic E-state index is -3.68. The normalized spacial score (nSPS) is 22.1. The number of ketones is 1. The van der Waals surface area contributed by atoms with E-state index in [4.69, 9.17) is 9.47 Å². The lowest BCUT2D eigenvalue weighted by molar-refractivity contribution is 0.0498. The molecule has 0 radical (unpaired) electrons. The third kappa shape index (κ3) is 3.18. The molecule has 7 heteroatoms. The molecule has 2 aromatic carbocycles. The van der Waals surface area contributed by atoms with Crippen LogP contribution in [0.2, 0.25) is 0 Å². The summed E-state index contributed by atoms with van der Waals surface area (Å²) in [7, 11) is -3.68. The number of nitrogens with zero attached hydrogens (tertiary/aromatic N) is 1. The Morgan fingerprint density at radius 2 is 2.00 bits per heavy atom. The van der Waals surface area contributed by atoms with Gasteiger partial charge in [-0.3, -0.25) is 4.79 Å². The van der Waals surface area contributed by atoms with Crippen molar-refractivity contribution in [3.8, 4) is 11.5 Å². The van der Waals surface area contributed by atoms with Crippen LogP contribution in [0.4, 0.5) is 0 Å². The van der Waals surface area contributed by atoms with Crippen LogP contribution < -0.4 is 9.47 Å². The fraction of sp³-hybridized carbons (Fsp3) is 0.381. The highest BCUT2D eigenvalue weighted by molar-refractivity contribution is 7.89. The molecule has 2 aromatic rings. The first-order valence-electron chi connectivity index (χ1n) is 9.39. The number of hydrogen-bond acceptors (Lipinski definition) is 5. The molecule has 0 aromatic heterocycles. The summed E-state index contributed by atoms with van der Waals surface area (Å²) in [5, 5.41) is 0. The highest BCUT2D eigenvalue weighted by atomic mass is 32.2. The van der Waals surface area contributed by atoms with E-state index in [1.165, 1.54) is 4.31 Å². The molecular weight excluding hydrogens is 378 g/mol. The van der Waals surface area contributed by atoms with Crippen molar-refractivity contribution in [2.45, 2.75) is 37.2 Å². The molecule has 2 aliphatic rings. The maximum Gasteiger partial charge on any atom is 0.243 e. The molecule has 0 N–H and O–H groups in total. The van der Waals surface area contributed by atoms with E-state index >= 15 is 0 Å². The topological polar surface area (TPSA) is 72.9 Å². The van der Waals surface area contributed by atoms with Gasteiger partial charge in [-0.05, 0) is 49.7 Å². The van der Waals surface area contributed by atoms with Gasteiger partial charge in [-0.15, -0.1) is 0 Å². The largest absolute Gasteiger partial charge is 0.494 e. The number of hydrogen-bond donors (Lipinski definition) is 0. The molecule has 1 saturated heterocycles. The molecule has 148 valence electrons. The molecule has 28 heavy (non-hydrogen) atoms. The summed E-state index contributed by atoms with van der Waals surface area (Å²) in [5.74, 6) is 1.21. The number of rotatable bonds is 4. The number of carbonyl (C=O) groups is 1. The summed E-state index contributed by atoms with van der Waals surface area (Å²) in [6.07, 6.45) is 0.681. The average Bonchev–Trinajstić information content (AvgIpc) is 3.07. The quantitative estimate of drug-likeness (QED) is 0.787. The molecule has 1 spiro atoms. The third-order valence-electron chi connectivity index (χ3n) is 5.36. The summed E-state index contributed by atoms with van der Waals surface area (Å²) in [6, 6.07) is 12.0. The van der Waals surface area contributed by atoms with Crippen LogP contribution in [0.3, 0.4) is 0 Å². The fourth-order valence-electron chi connectivity index (χ4n) is 3.93. The summed E-state index contributed by atoms with van der Waals surface area (Å²) < 4.78 is 39.4. The summed E-state index contributed by atoms with van der Waals surface area (Å²) in [4.78, 5) is 12.8. The van der Waals surface area contributed by atoms with E-state index in [1.807, 2.05) is 19.9 Å². The Morgan fingerprint density at radius 1 is 1.21 bits per heavy atom. The number of ether oxygens (including phenoxy) is 2. The second-order valence-electron chi connectivity index (χ2n) is 7.33. The number of fused-ring (bicyclic) bond motifs is 1. The van der Waals surface area contributed by atoms with Gasteiger partial charge in [0.25, 0.3) is 0 Å². The van der Waals surface area contributed by atoms with E-state index < -0.39 is 15.6 Å².